The zero-order chi connectivity index (χ0) is 22.2. The van der Waals surface area contributed by atoms with Gasteiger partial charge < -0.3 is 14.6 Å². The molecular weight excluding hydrogens is 410 g/mol. The molecule has 0 heterocycles. The van der Waals surface area contributed by atoms with Crippen molar-refractivity contribution in [3.63, 3.8) is 0 Å². The Bertz CT molecular complexity index is 995. The number of nitrogens with zero attached hydrogens (tertiary/aromatic N) is 1. The maximum atomic E-state index is 11.2. The first-order chi connectivity index (χ1) is 15.0. The molecule has 0 aromatic heterocycles. The van der Waals surface area contributed by atoms with Crippen LogP contribution >= 0.6 is 10.7 Å². The summed E-state index contributed by atoms with van der Waals surface area (Å²) in [6, 6.07) is 13.2. The van der Waals surface area contributed by atoms with Crippen molar-refractivity contribution < 1.29 is 19.4 Å². The molecule has 0 amide bonds. The third kappa shape index (κ3) is 5.87. The number of hydrogen-bond donors (Lipinski definition) is 1. The molecule has 0 spiro atoms. The van der Waals surface area contributed by atoms with E-state index in [4.69, 9.17) is 9.47 Å². The highest BCUT2D eigenvalue weighted by Gasteiger charge is 2.18. The van der Waals surface area contributed by atoms with Gasteiger partial charge in [-0.25, -0.2) is 9.10 Å². The van der Waals surface area contributed by atoms with Crippen molar-refractivity contribution in [1.29, 1.82) is 0 Å². The van der Waals surface area contributed by atoms with Gasteiger partial charge in [0.2, 0.25) is 0 Å². The van der Waals surface area contributed by atoms with Crippen LogP contribution in [0.3, 0.4) is 0 Å². The Morgan fingerprint density at radius 2 is 1.87 bits per heavy atom. The number of carbonyl (C=O) groups is 1. The number of carboxylic acid groups (broad SMARTS) is 1. The molecule has 0 saturated heterocycles. The van der Waals surface area contributed by atoms with Gasteiger partial charge in [-0.2, -0.15) is 0 Å². The zero-order valence-corrected chi connectivity index (χ0v) is 19.0. The molecule has 2 unspecified atom stereocenters. The summed E-state index contributed by atoms with van der Waals surface area (Å²) in [5.41, 5.74) is 1.43. The van der Waals surface area contributed by atoms with Gasteiger partial charge in [-0.3, -0.25) is 0 Å². The Labute approximate surface area is 186 Å². The fraction of sp³-hybridized carbons (Fsp3) is 0.280. The van der Waals surface area contributed by atoms with Gasteiger partial charge in [0.1, 0.15) is 0 Å². The third-order valence-corrected chi connectivity index (χ3v) is 7.19. The SMILES string of the molecule is C/C=S(\c1ccc(C(=O)O)cc1)N(Cc1ccc(OC)c(OC)c1)CC1C=CC=CC1. The summed E-state index contributed by atoms with van der Waals surface area (Å²) in [5.74, 6) is 0.946. The van der Waals surface area contributed by atoms with Crippen LogP contribution in [0.4, 0.5) is 0 Å². The minimum Gasteiger partial charge on any atom is -0.493 e. The Kier molecular flexibility index (Phi) is 8.09. The number of methoxy groups -OCH3 is 2. The van der Waals surface area contributed by atoms with Crippen LogP contribution in [0.2, 0.25) is 0 Å². The average molecular weight is 440 g/mol. The van der Waals surface area contributed by atoms with Crippen LogP contribution in [0, 0.1) is 5.92 Å². The molecule has 2 aromatic rings. The van der Waals surface area contributed by atoms with Crippen LogP contribution in [-0.4, -0.2) is 41.5 Å². The molecule has 1 aliphatic rings. The summed E-state index contributed by atoms with van der Waals surface area (Å²) in [6.45, 7) is 3.69. The van der Waals surface area contributed by atoms with Crippen LogP contribution in [-0.2, 0) is 6.54 Å². The Balaban J connectivity index is 1.91. The lowest BCUT2D eigenvalue weighted by atomic mass is 10.0. The van der Waals surface area contributed by atoms with Gasteiger partial charge in [0.15, 0.2) is 11.5 Å². The number of ether oxygens (including phenoxy) is 2. The lowest BCUT2D eigenvalue weighted by Crippen LogP contribution is -2.25. The highest BCUT2D eigenvalue weighted by Crippen LogP contribution is 2.35. The fourth-order valence-electron chi connectivity index (χ4n) is 3.60. The van der Waals surface area contributed by atoms with E-state index in [1.54, 1.807) is 26.4 Å². The number of rotatable bonds is 9. The molecule has 0 radical (unpaired) electrons. The van der Waals surface area contributed by atoms with E-state index < -0.39 is 5.97 Å². The summed E-state index contributed by atoms with van der Waals surface area (Å²) < 4.78 is 13.3. The average Bonchev–Trinajstić information content (AvgIpc) is 2.80. The predicted octanol–water partition coefficient (Wildman–Crippen LogP) is 5.40. The van der Waals surface area contributed by atoms with Gasteiger partial charge in [-0.05, 0) is 66.6 Å². The molecule has 2 atom stereocenters. The van der Waals surface area contributed by atoms with E-state index in [1.807, 2.05) is 24.3 Å². The Hall–Kier alpha value is -2.83. The molecule has 0 fully saturated rings. The van der Waals surface area contributed by atoms with Crippen LogP contribution in [0.15, 0.2) is 71.7 Å². The smallest absolute Gasteiger partial charge is 0.335 e. The first kappa shape index (κ1) is 22.8. The minimum atomic E-state index is -0.909. The largest absolute Gasteiger partial charge is 0.493 e. The van der Waals surface area contributed by atoms with Crippen molar-refractivity contribution in [1.82, 2.24) is 4.31 Å². The standard InChI is InChI=1S/C25H29NO4S/c1-4-31(22-13-11-21(12-14-22)25(27)28)26(17-19-8-6-5-7-9-19)18-20-10-15-23(29-2)24(16-20)30-3/h4-8,10-16,19H,9,17-18H2,1-3H3,(H,27,28). The maximum absolute atomic E-state index is 11.2. The Morgan fingerprint density at radius 1 is 1.13 bits per heavy atom. The Morgan fingerprint density at radius 3 is 2.45 bits per heavy atom. The molecule has 1 N–H and O–H groups in total. The molecule has 2 aromatic carbocycles. The van der Waals surface area contributed by atoms with Gasteiger partial charge in [-0.1, -0.05) is 41.0 Å². The molecule has 3 rings (SSSR count). The van der Waals surface area contributed by atoms with Crippen molar-refractivity contribution in [2.45, 2.75) is 24.8 Å². The zero-order valence-electron chi connectivity index (χ0n) is 18.2. The molecule has 31 heavy (non-hydrogen) atoms. The second kappa shape index (κ2) is 11.0. The maximum Gasteiger partial charge on any atom is 0.335 e. The second-order valence-corrected chi connectivity index (χ2v) is 9.29. The molecule has 0 saturated carbocycles. The molecule has 5 nitrogen and oxygen atoms in total. The van der Waals surface area contributed by atoms with Gasteiger partial charge in [-0.15, -0.1) is 0 Å². The van der Waals surface area contributed by atoms with E-state index in [-0.39, 0.29) is 10.7 Å². The van der Waals surface area contributed by atoms with Gasteiger partial charge >= 0.3 is 5.97 Å². The summed E-state index contributed by atoms with van der Waals surface area (Å²) in [5, 5.41) is 11.4. The van der Waals surface area contributed by atoms with Crippen LogP contribution in [0.1, 0.15) is 29.3 Å². The normalized spacial score (nSPS) is 16.5. The lowest BCUT2D eigenvalue weighted by molar-refractivity contribution is 0.0697. The number of benzene rings is 2. The summed E-state index contributed by atoms with van der Waals surface area (Å²) in [4.78, 5) is 12.4. The summed E-state index contributed by atoms with van der Waals surface area (Å²) >= 11 is 0. The van der Waals surface area contributed by atoms with Crippen LogP contribution < -0.4 is 9.47 Å². The predicted molar refractivity (Wildman–Crippen MR) is 127 cm³/mol. The first-order valence-corrected chi connectivity index (χ1v) is 11.5. The highest BCUT2D eigenvalue weighted by atomic mass is 32.2. The molecule has 164 valence electrons. The third-order valence-electron chi connectivity index (χ3n) is 5.16. The fourth-order valence-corrected chi connectivity index (χ4v) is 5.52. The highest BCUT2D eigenvalue weighted by molar-refractivity contribution is 8.12. The summed E-state index contributed by atoms with van der Waals surface area (Å²) in [6.07, 6.45) is 9.67. The molecular formula is C25H29NO4S. The van der Waals surface area contributed by atoms with Crippen molar-refractivity contribution in [3.05, 3.63) is 77.9 Å². The van der Waals surface area contributed by atoms with Crippen LogP contribution in [0.5, 0.6) is 11.5 Å². The molecule has 1 aliphatic carbocycles. The minimum absolute atomic E-state index is 0.287. The van der Waals surface area contributed by atoms with E-state index in [2.05, 4.69) is 47.0 Å². The van der Waals surface area contributed by atoms with E-state index in [9.17, 15) is 9.90 Å². The van der Waals surface area contributed by atoms with Gasteiger partial charge in [0, 0.05) is 18.0 Å². The topological polar surface area (TPSA) is 59.0 Å². The first-order valence-electron chi connectivity index (χ1n) is 10.2. The molecule has 0 aliphatic heterocycles. The summed E-state index contributed by atoms with van der Waals surface area (Å²) in [7, 11) is 3.00. The van der Waals surface area contributed by atoms with E-state index in [0.29, 0.717) is 23.0 Å². The number of carboxylic acids is 1. The monoisotopic (exact) mass is 439 g/mol. The van der Waals surface area contributed by atoms with Crippen molar-refractivity contribution >= 4 is 22.0 Å². The quantitative estimate of drug-likeness (QED) is 0.530. The second-order valence-electron chi connectivity index (χ2n) is 7.20. The van der Waals surface area contributed by atoms with Crippen molar-refractivity contribution in [3.8, 4) is 11.5 Å². The molecule has 0 bridgehead atoms. The number of hydrogen-bond acceptors (Lipinski definition) is 4. The van der Waals surface area contributed by atoms with Crippen molar-refractivity contribution in [2.24, 2.45) is 5.92 Å². The van der Waals surface area contributed by atoms with Gasteiger partial charge in [0.05, 0.1) is 19.8 Å². The van der Waals surface area contributed by atoms with Crippen LogP contribution in [0.25, 0.3) is 0 Å². The van der Waals surface area contributed by atoms with Crippen molar-refractivity contribution in [2.75, 3.05) is 20.8 Å². The van der Waals surface area contributed by atoms with E-state index in [1.165, 1.54) is 0 Å². The number of allylic oxidation sites excluding steroid dienone is 3. The van der Waals surface area contributed by atoms with E-state index >= 15 is 0 Å². The van der Waals surface area contributed by atoms with E-state index in [0.717, 1.165) is 30.0 Å². The molecule has 6 heteroatoms. The lowest BCUT2D eigenvalue weighted by Gasteiger charge is -2.30. The van der Waals surface area contributed by atoms with Gasteiger partial charge in [0.25, 0.3) is 0 Å². The number of aromatic carboxylic acids is 1.